The lowest BCUT2D eigenvalue weighted by Crippen LogP contribution is -2.27. The zero-order valence-corrected chi connectivity index (χ0v) is 6.03. The second-order valence-corrected chi connectivity index (χ2v) is 1.88. The summed E-state index contributed by atoms with van der Waals surface area (Å²) in [6, 6.07) is 1.69. The summed E-state index contributed by atoms with van der Waals surface area (Å²) in [4.78, 5) is 18.0. The minimum Gasteiger partial charge on any atom is -0.274 e. The van der Waals surface area contributed by atoms with Crippen molar-refractivity contribution in [2.75, 3.05) is 5.43 Å². The van der Waals surface area contributed by atoms with Crippen molar-refractivity contribution < 1.29 is 4.79 Å². The molecule has 0 aliphatic carbocycles. The van der Waals surface area contributed by atoms with Crippen LogP contribution in [0.1, 0.15) is 6.92 Å². The fraction of sp³-hybridized carbons (Fsp3) is 0.167. The predicted octanol–water partition coefficient (Wildman–Crippen LogP) is -0.0604. The van der Waals surface area contributed by atoms with E-state index in [1.165, 1.54) is 6.92 Å². The maximum atomic E-state index is 10.4. The largest absolute Gasteiger partial charge is 0.274 e. The maximum Gasteiger partial charge on any atom is 0.241 e. The smallest absolute Gasteiger partial charge is 0.241 e. The van der Waals surface area contributed by atoms with Gasteiger partial charge in [0.1, 0.15) is 0 Å². The van der Waals surface area contributed by atoms with E-state index in [2.05, 4.69) is 20.8 Å². The molecule has 0 unspecified atom stereocenters. The van der Waals surface area contributed by atoms with E-state index < -0.39 is 0 Å². The number of nitrogens with zero attached hydrogens (tertiary/aromatic N) is 2. The Morgan fingerprint density at radius 1 is 1.45 bits per heavy atom. The monoisotopic (exact) mass is 152 g/mol. The Morgan fingerprint density at radius 3 is 2.64 bits per heavy atom. The first-order chi connectivity index (χ1) is 5.29. The van der Waals surface area contributed by atoms with Gasteiger partial charge in [0.05, 0.1) is 0 Å². The standard InChI is InChI=1S/C6H8N4O/c1-5(11)9-10-6-7-3-2-4-8-6/h2-4H,1H3,(H,9,11)(H,7,8,10). The van der Waals surface area contributed by atoms with Crippen molar-refractivity contribution in [3.63, 3.8) is 0 Å². The van der Waals surface area contributed by atoms with Crippen molar-refractivity contribution in [1.29, 1.82) is 0 Å². The van der Waals surface area contributed by atoms with Crippen LogP contribution in [-0.4, -0.2) is 15.9 Å². The molecule has 5 nitrogen and oxygen atoms in total. The summed E-state index contributed by atoms with van der Waals surface area (Å²) < 4.78 is 0. The minimum atomic E-state index is -0.183. The average Bonchev–Trinajstić information content (AvgIpc) is 2.03. The van der Waals surface area contributed by atoms with Crippen molar-refractivity contribution >= 4 is 11.9 Å². The molecule has 1 heterocycles. The Bertz CT molecular complexity index is 236. The van der Waals surface area contributed by atoms with E-state index in [0.29, 0.717) is 5.95 Å². The highest BCUT2D eigenvalue weighted by atomic mass is 16.2. The van der Waals surface area contributed by atoms with Crippen LogP contribution in [0.2, 0.25) is 0 Å². The number of anilines is 1. The number of carbonyl (C=O) groups is 1. The second kappa shape index (κ2) is 3.50. The molecule has 0 radical (unpaired) electrons. The molecule has 1 rings (SSSR count). The summed E-state index contributed by atoms with van der Waals surface area (Å²) in [6.45, 7) is 1.40. The molecular formula is C6H8N4O. The summed E-state index contributed by atoms with van der Waals surface area (Å²) in [5.74, 6) is 0.195. The third-order valence-electron chi connectivity index (χ3n) is 0.916. The average molecular weight is 152 g/mol. The molecule has 0 atom stereocenters. The lowest BCUT2D eigenvalue weighted by Gasteiger charge is -2.01. The van der Waals surface area contributed by atoms with Crippen LogP contribution < -0.4 is 10.9 Å². The second-order valence-electron chi connectivity index (χ2n) is 1.88. The zero-order valence-electron chi connectivity index (χ0n) is 6.03. The highest BCUT2D eigenvalue weighted by Crippen LogP contribution is 1.89. The van der Waals surface area contributed by atoms with Crippen molar-refractivity contribution in [2.45, 2.75) is 6.92 Å². The lowest BCUT2D eigenvalue weighted by atomic mass is 10.7. The SMILES string of the molecule is CC(=O)NNc1ncccn1. The molecule has 0 aromatic carbocycles. The van der Waals surface area contributed by atoms with Gasteiger partial charge in [-0.1, -0.05) is 0 Å². The Hall–Kier alpha value is -1.65. The number of hydrazine groups is 1. The zero-order chi connectivity index (χ0) is 8.10. The van der Waals surface area contributed by atoms with E-state index in [1.54, 1.807) is 18.5 Å². The molecule has 0 saturated heterocycles. The number of nitrogens with one attached hydrogen (secondary N) is 2. The molecule has 0 saturated carbocycles. The van der Waals surface area contributed by atoms with Gasteiger partial charge in [-0.3, -0.25) is 15.6 Å². The van der Waals surface area contributed by atoms with Gasteiger partial charge in [0.25, 0.3) is 0 Å². The molecule has 2 N–H and O–H groups in total. The summed E-state index contributed by atoms with van der Waals surface area (Å²) >= 11 is 0. The third-order valence-corrected chi connectivity index (χ3v) is 0.916. The molecule has 5 heteroatoms. The molecule has 0 aliphatic rings. The molecule has 1 amide bonds. The molecule has 1 aromatic heterocycles. The highest BCUT2D eigenvalue weighted by Gasteiger charge is 1.91. The first-order valence-electron chi connectivity index (χ1n) is 3.08. The third kappa shape index (κ3) is 2.61. The van der Waals surface area contributed by atoms with Gasteiger partial charge in [-0.15, -0.1) is 0 Å². The molecule has 1 aromatic rings. The molecule has 11 heavy (non-hydrogen) atoms. The summed E-state index contributed by atoms with van der Waals surface area (Å²) in [5, 5.41) is 0. The van der Waals surface area contributed by atoms with Crippen molar-refractivity contribution in [3.05, 3.63) is 18.5 Å². The van der Waals surface area contributed by atoms with Gasteiger partial charge in [-0.05, 0) is 6.07 Å². The van der Waals surface area contributed by atoms with Gasteiger partial charge in [-0.25, -0.2) is 9.97 Å². The van der Waals surface area contributed by atoms with E-state index in [1.807, 2.05) is 0 Å². The van der Waals surface area contributed by atoms with Crippen LogP contribution in [0.5, 0.6) is 0 Å². The van der Waals surface area contributed by atoms with E-state index in [9.17, 15) is 4.79 Å². The first kappa shape index (κ1) is 7.46. The van der Waals surface area contributed by atoms with Crippen LogP contribution in [0, 0.1) is 0 Å². The first-order valence-corrected chi connectivity index (χ1v) is 3.08. The van der Waals surface area contributed by atoms with Crippen LogP contribution in [0.25, 0.3) is 0 Å². The molecule has 0 bridgehead atoms. The number of hydrogen-bond donors (Lipinski definition) is 2. The topological polar surface area (TPSA) is 66.9 Å². The summed E-state index contributed by atoms with van der Waals surface area (Å²) in [5.41, 5.74) is 4.87. The van der Waals surface area contributed by atoms with Crippen molar-refractivity contribution in [3.8, 4) is 0 Å². The quantitative estimate of drug-likeness (QED) is 0.582. The van der Waals surface area contributed by atoms with E-state index in [4.69, 9.17) is 0 Å². The Balaban J connectivity index is 2.45. The summed E-state index contributed by atoms with van der Waals surface area (Å²) in [6.07, 6.45) is 3.16. The van der Waals surface area contributed by atoms with Gasteiger partial charge in [0.15, 0.2) is 0 Å². The Labute approximate surface area is 63.8 Å². The highest BCUT2D eigenvalue weighted by molar-refractivity contribution is 5.73. The predicted molar refractivity (Wildman–Crippen MR) is 39.5 cm³/mol. The van der Waals surface area contributed by atoms with Gasteiger partial charge in [-0.2, -0.15) is 0 Å². The van der Waals surface area contributed by atoms with Gasteiger partial charge >= 0.3 is 0 Å². The van der Waals surface area contributed by atoms with Crippen molar-refractivity contribution in [1.82, 2.24) is 15.4 Å². The van der Waals surface area contributed by atoms with Crippen LogP contribution >= 0.6 is 0 Å². The molecule has 58 valence electrons. The molecule has 0 aliphatic heterocycles. The van der Waals surface area contributed by atoms with Crippen LogP contribution in [0.15, 0.2) is 18.5 Å². The van der Waals surface area contributed by atoms with Crippen LogP contribution in [0.4, 0.5) is 5.95 Å². The lowest BCUT2D eigenvalue weighted by molar-refractivity contribution is -0.118. The summed E-state index contributed by atoms with van der Waals surface area (Å²) in [7, 11) is 0. The van der Waals surface area contributed by atoms with Crippen molar-refractivity contribution in [2.24, 2.45) is 0 Å². The van der Waals surface area contributed by atoms with Crippen LogP contribution in [-0.2, 0) is 4.79 Å². The normalized spacial score (nSPS) is 8.82. The number of hydrogen-bond acceptors (Lipinski definition) is 4. The minimum absolute atomic E-state index is 0.183. The molecular weight excluding hydrogens is 144 g/mol. The number of rotatable bonds is 2. The van der Waals surface area contributed by atoms with E-state index in [0.717, 1.165) is 0 Å². The van der Waals surface area contributed by atoms with Gasteiger partial charge in [0, 0.05) is 19.3 Å². The van der Waals surface area contributed by atoms with E-state index in [-0.39, 0.29) is 5.91 Å². The van der Waals surface area contributed by atoms with Gasteiger partial charge < -0.3 is 0 Å². The fourth-order valence-electron chi connectivity index (χ4n) is 0.508. The maximum absolute atomic E-state index is 10.4. The number of carbonyl (C=O) groups excluding carboxylic acids is 1. The number of aromatic nitrogens is 2. The molecule has 0 fully saturated rings. The van der Waals surface area contributed by atoms with E-state index >= 15 is 0 Å². The van der Waals surface area contributed by atoms with Gasteiger partial charge in [0.2, 0.25) is 11.9 Å². The fourth-order valence-corrected chi connectivity index (χ4v) is 0.508. The Morgan fingerprint density at radius 2 is 2.09 bits per heavy atom. The number of amides is 1. The van der Waals surface area contributed by atoms with Crippen LogP contribution in [0.3, 0.4) is 0 Å². The Kier molecular flexibility index (Phi) is 2.37. The molecule has 0 spiro atoms.